The van der Waals surface area contributed by atoms with Gasteiger partial charge < -0.3 is 18.8 Å². The van der Waals surface area contributed by atoms with Gasteiger partial charge >= 0.3 is 0 Å². The number of para-hydroxylation sites is 1. The molecule has 1 unspecified atom stereocenters. The fraction of sp³-hybridized carbons (Fsp3) is 0.450. The van der Waals surface area contributed by atoms with Gasteiger partial charge in [0, 0.05) is 11.8 Å². The number of aromatic nitrogens is 1. The third kappa shape index (κ3) is 3.81. The van der Waals surface area contributed by atoms with Crippen LogP contribution in [-0.4, -0.2) is 37.3 Å². The third-order valence-corrected chi connectivity index (χ3v) is 4.33. The van der Waals surface area contributed by atoms with E-state index in [9.17, 15) is 0 Å². The van der Waals surface area contributed by atoms with E-state index in [1.54, 1.807) is 14.2 Å². The lowest BCUT2D eigenvalue weighted by molar-refractivity contribution is 0.300. The van der Waals surface area contributed by atoms with Gasteiger partial charge in [0.1, 0.15) is 12.3 Å². The minimum atomic E-state index is 0.254. The first-order chi connectivity index (χ1) is 12.1. The fourth-order valence-electron chi connectivity index (χ4n) is 3.23. The Morgan fingerprint density at radius 2 is 2.04 bits per heavy atom. The molecule has 1 aliphatic rings. The van der Waals surface area contributed by atoms with E-state index in [-0.39, 0.29) is 6.04 Å². The molecule has 2 heterocycles. The first kappa shape index (κ1) is 17.4. The summed E-state index contributed by atoms with van der Waals surface area (Å²) in [5.41, 5.74) is 2.05. The van der Waals surface area contributed by atoms with E-state index < -0.39 is 0 Å². The lowest BCUT2D eigenvalue weighted by Crippen LogP contribution is -2.11. The van der Waals surface area contributed by atoms with Gasteiger partial charge in [0.2, 0.25) is 5.90 Å². The van der Waals surface area contributed by atoms with Gasteiger partial charge in [-0.15, -0.1) is 0 Å². The molecule has 1 aromatic carbocycles. The molecular formula is C20H26N2O3. The molecule has 0 saturated heterocycles. The molecule has 0 saturated carbocycles. The SMILES string of the molecule is COc1cccc(Cn2cccc2C2=NC(CC(C)C)CO2)c1OC. The molecule has 25 heavy (non-hydrogen) atoms. The zero-order chi connectivity index (χ0) is 17.8. The van der Waals surface area contributed by atoms with Gasteiger partial charge in [-0.25, -0.2) is 4.99 Å². The van der Waals surface area contributed by atoms with Crippen molar-refractivity contribution in [1.82, 2.24) is 4.57 Å². The van der Waals surface area contributed by atoms with E-state index in [2.05, 4.69) is 18.4 Å². The van der Waals surface area contributed by atoms with Crippen LogP contribution < -0.4 is 9.47 Å². The Bertz CT molecular complexity index is 749. The number of nitrogens with zero attached hydrogens (tertiary/aromatic N) is 2. The Balaban J connectivity index is 1.84. The summed E-state index contributed by atoms with van der Waals surface area (Å²) in [7, 11) is 3.32. The number of hydrogen-bond donors (Lipinski definition) is 0. The van der Waals surface area contributed by atoms with Gasteiger partial charge in [-0.1, -0.05) is 26.0 Å². The summed E-state index contributed by atoms with van der Waals surface area (Å²) < 4.78 is 18.9. The number of benzene rings is 1. The topological polar surface area (TPSA) is 45.0 Å². The number of methoxy groups -OCH3 is 2. The van der Waals surface area contributed by atoms with Crippen LogP contribution in [-0.2, 0) is 11.3 Å². The zero-order valence-electron chi connectivity index (χ0n) is 15.4. The van der Waals surface area contributed by atoms with Crippen molar-refractivity contribution < 1.29 is 14.2 Å². The largest absolute Gasteiger partial charge is 0.493 e. The van der Waals surface area contributed by atoms with E-state index >= 15 is 0 Å². The van der Waals surface area contributed by atoms with Gasteiger partial charge in [-0.05, 0) is 30.5 Å². The second kappa shape index (κ2) is 7.64. The molecule has 1 aliphatic heterocycles. The maximum atomic E-state index is 5.86. The summed E-state index contributed by atoms with van der Waals surface area (Å²) in [6, 6.07) is 10.2. The minimum absolute atomic E-state index is 0.254. The van der Waals surface area contributed by atoms with Crippen LogP contribution in [0.2, 0.25) is 0 Å². The molecule has 0 bridgehead atoms. The summed E-state index contributed by atoms with van der Waals surface area (Å²) in [6.45, 7) is 5.76. The molecule has 134 valence electrons. The van der Waals surface area contributed by atoms with Crippen LogP contribution in [0.5, 0.6) is 11.5 Å². The molecule has 0 spiro atoms. The van der Waals surface area contributed by atoms with Crippen LogP contribution in [0.4, 0.5) is 0 Å². The molecule has 5 nitrogen and oxygen atoms in total. The second-order valence-corrected chi connectivity index (χ2v) is 6.70. The van der Waals surface area contributed by atoms with Crippen LogP contribution in [0.3, 0.4) is 0 Å². The van der Waals surface area contributed by atoms with Gasteiger partial charge in [0.25, 0.3) is 0 Å². The molecule has 1 atom stereocenters. The van der Waals surface area contributed by atoms with Crippen molar-refractivity contribution in [3.8, 4) is 11.5 Å². The Kier molecular flexibility index (Phi) is 5.31. The van der Waals surface area contributed by atoms with E-state index in [0.717, 1.165) is 35.1 Å². The van der Waals surface area contributed by atoms with Crippen molar-refractivity contribution in [1.29, 1.82) is 0 Å². The average molecular weight is 342 g/mol. The Morgan fingerprint density at radius 1 is 1.20 bits per heavy atom. The molecule has 2 aromatic rings. The van der Waals surface area contributed by atoms with Crippen molar-refractivity contribution >= 4 is 5.90 Å². The Labute approximate surface area is 149 Å². The molecule has 0 radical (unpaired) electrons. The Morgan fingerprint density at radius 3 is 2.76 bits per heavy atom. The first-order valence-corrected chi connectivity index (χ1v) is 8.68. The average Bonchev–Trinajstić information content (AvgIpc) is 3.23. The molecule has 0 amide bonds. The fourth-order valence-corrected chi connectivity index (χ4v) is 3.23. The lowest BCUT2D eigenvalue weighted by atomic mass is 10.1. The molecule has 0 fully saturated rings. The maximum Gasteiger partial charge on any atom is 0.233 e. The Hall–Kier alpha value is -2.43. The summed E-state index contributed by atoms with van der Waals surface area (Å²) in [5.74, 6) is 2.85. The predicted molar refractivity (Wildman–Crippen MR) is 98.8 cm³/mol. The number of hydrogen-bond acceptors (Lipinski definition) is 4. The molecule has 3 rings (SSSR count). The zero-order valence-corrected chi connectivity index (χ0v) is 15.4. The van der Waals surface area contributed by atoms with E-state index in [1.807, 2.05) is 36.5 Å². The summed E-state index contributed by atoms with van der Waals surface area (Å²) in [6.07, 6.45) is 3.09. The van der Waals surface area contributed by atoms with Gasteiger partial charge in [-0.2, -0.15) is 0 Å². The van der Waals surface area contributed by atoms with Crippen LogP contribution in [0.15, 0.2) is 41.5 Å². The van der Waals surface area contributed by atoms with Gasteiger partial charge in [0.05, 0.1) is 26.8 Å². The van der Waals surface area contributed by atoms with Crippen molar-refractivity contribution in [3.05, 3.63) is 47.8 Å². The predicted octanol–water partition coefficient (Wildman–Crippen LogP) is 3.75. The second-order valence-electron chi connectivity index (χ2n) is 6.70. The molecule has 0 N–H and O–H groups in total. The van der Waals surface area contributed by atoms with Crippen LogP contribution >= 0.6 is 0 Å². The van der Waals surface area contributed by atoms with Gasteiger partial charge in [0.15, 0.2) is 11.5 Å². The summed E-state index contributed by atoms with van der Waals surface area (Å²) in [4.78, 5) is 4.77. The highest BCUT2D eigenvalue weighted by molar-refractivity contribution is 5.93. The standard InChI is InChI=1S/C20H26N2O3/c1-14(2)11-16-13-25-20(21-16)17-8-6-10-22(17)12-15-7-5-9-18(23-3)19(15)24-4/h5-10,14,16H,11-13H2,1-4H3. The van der Waals surface area contributed by atoms with E-state index in [0.29, 0.717) is 19.1 Å². The van der Waals surface area contributed by atoms with Crippen LogP contribution in [0.1, 0.15) is 31.5 Å². The summed E-state index contributed by atoms with van der Waals surface area (Å²) >= 11 is 0. The maximum absolute atomic E-state index is 5.86. The summed E-state index contributed by atoms with van der Waals surface area (Å²) in [5, 5.41) is 0. The van der Waals surface area contributed by atoms with E-state index in [4.69, 9.17) is 19.2 Å². The third-order valence-electron chi connectivity index (χ3n) is 4.33. The number of rotatable bonds is 7. The quantitative estimate of drug-likeness (QED) is 0.770. The first-order valence-electron chi connectivity index (χ1n) is 8.68. The highest BCUT2D eigenvalue weighted by Gasteiger charge is 2.23. The normalized spacial score (nSPS) is 16.7. The molecule has 0 aliphatic carbocycles. The van der Waals surface area contributed by atoms with Crippen LogP contribution in [0, 0.1) is 5.92 Å². The van der Waals surface area contributed by atoms with Crippen molar-refractivity contribution in [2.75, 3.05) is 20.8 Å². The highest BCUT2D eigenvalue weighted by atomic mass is 16.5. The number of ether oxygens (including phenoxy) is 3. The van der Waals surface area contributed by atoms with Crippen molar-refractivity contribution in [2.45, 2.75) is 32.9 Å². The van der Waals surface area contributed by atoms with Crippen LogP contribution in [0.25, 0.3) is 0 Å². The minimum Gasteiger partial charge on any atom is -0.493 e. The number of aliphatic imine (C=N–C) groups is 1. The molecule has 5 heteroatoms. The van der Waals surface area contributed by atoms with Gasteiger partial charge in [-0.3, -0.25) is 0 Å². The van der Waals surface area contributed by atoms with Crippen molar-refractivity contribution in [3.63, 3.8) is 0 Å². The van der Waals surface area contributed by atoms with E-state index in [1.165, 1.54) is 0 Å². The molecular weight excluding hydrogens is 316 g/mol. The lowest BCUT2D eigenvalue weighted by Gasteiger charge is -2.14. The monoisotopic (exact) mass is 342 g/mol. The smallest absolute Gasteiger partial charge is 0.233 e. The highest BCUT2D eigenvalue weighted by Crippen LogP contribution is 2.31. The molecule has 1 aromatic heterocycles. The van der Waals surface area contributed by atoms with Crippen molar-refractivity contribution in [2.24, 2.45) is 10.9 Å².